The van der Waals surface area contributed by atoms with E-state index < -0.39 is 40.1 Å². The summed E-state index contributed by atoms with van der Waals surface area (Å²) in [5, 5.41) is 2.46. The number of H-pyrrole nitrogens is 1. The number of aromatic nitrogens is 1. The predicted molar refractivity (Wildman–Crippen MR) is 83.8 cm³/mol. The van der Waals surface area contributed by atoms with Gasteiger partial charge in [0.05, 0.1) is 0 Å². The number of aromatic amines is 1. The summed E-state index contributed by atoms with van der Waals surface area (Å²) in [5.41, 5.74) is -3.23. The van der Waals surface area contributed by atoms with Gasteiger partial charge in [-0.05, 0) is 23.8 Å². The van der Waals surface area contributed by atoms with Crippen LogP contribution in [0.2, 0.25) is 0 Å². The Bertz CT molecular complexity index is 841. The molecule has 0 atom stereocenters. The Labute approximate surface area is 140 Å². The molecule has 0 radical (unpaired) electrons. The van der Waals surface area contributed by atoms with E-state index in [0.29, 0.717) is 11.6 Å². The summed E-state index contributed by atoms with van der Waals surface area (Å²) < 4.78 is 51.5. The van der Waals surface area contributed by atoms with Gasteiger partial charge < -0.3 is 10.3 Å². The molecule has 0 aliphatic rings. The maximum absolute atomic E-state index is 13.9. The molecule has 0 fully saturated rings. The third kappa shape index (κ3) is 4.26. The van der Waals surface area contributed by atoms with Crippen LogP contribution < -0.4 is 10.9 Å². The highest BCUT2D eigenvalue weighted by molar-refractivity contribution is 5.93. The molecule has 0 saturated heterocycles. The van der Waals surface area contributed by atoms with Gasteiger partial charge in [-0.15, -0.1) is 0 Å². The van der Waals surface area contributed by atoms with Crippen LogP contribution in [0.4, 0.5) is 17.6 Å². The fraction of sp³-hybridized carbons (Fsp3) is 0.294. The van der Waals surface area contributed by atoms with Crippen LogP contribution in [-0.4, -0.2) is 17.4 Å². The number of nitrogens with one attached hydrogen (secondary N) is 2. The minimum Gasteiger partial charge on any atom is -0.351 e. The number of halogens is 4. The molecule has 4 nitrogen and oxygen atoms in total. The van der Waals surface area contributed by atoms with E-state index in [1.807, 2.05) is 0 Å². The third-order valence-electron chi connectivity index (χ3n) is 3.75. The Morgan fingerprint density at radius 3 is 2.32 bits per heavy atom. The minimum absolute atomic E-state index is 0.00672. The number of carbonyl (C=O) groups is 1. The van der Waals surface area contributed by atoms with Crippen molar-refractivity contribution in [3.8, 4) is 0 Å². The van der Waals surface area contributed by atoms with Gasteiger partial charge in [0.2, 0.25) is 0 Å². The van der Waals surface area contributed by atoms with Gasteiger partial charge in [0.25, 0.3) is 11.5 Å². The Balaban J connectivity index is 2.15. The molecular formula is C17H16F4N2O2. The monoisotopic (exact) mass is 356 g/mol. The lowest BCUT2D eigenvalue weighted by Gasteiger charge is -2.26. The summed E-state index contributed by atoms with van der Waals surface area (Å²) in [6, 6.07) is 7.50. The molecule has 1 aromatic carbocycles. The quantitative estimate of drug-likeness (QED) is 0.826. The lowest BCUT2D eigenvalue weighted by molar-refractivity contribution is -0.141. The number of rotatable bonds is 4. The molecule has 134 valence electrons. The van der Waals surface area contributed by atoms with Crippen molar-refractivity contribution in [3.05, 3.63) is 69.4 Å². The highest BCUT2D eigenvalue weighted by atomic mass is 19.4. The molecule has 2 aromatic rings. The number of alkyl halides is 3. The highest BCUT2D eigenvalue weighted by Crippen LogP contribution is 2.27. The Morgan fingerprint density at radius 2 is 1.76 bits per heavy atom. The molecule has 0 unspecified atom stereocenters. The van der Waals surface area contributed by atoms with E-state index in [9.17, 15) is 27.2 Å². The molecule has 1 aromatic heterocycles. The average Bonchev–Trinajstić information content (AvgIpc) is 2.52. The van der Waals surface area contributed by atoms with Gasteiger partial charge in [-0.25, -0.2) is 4.39 Å². The average molecular weight is 356 g/mol. The van der Waals surface area contributed by atoms with Crippen molar-refractivity contribution in [1.82, 2.24) is 10.3 Å². The molecule has 25 heavy (non-hydrogen) atoms. The molecule has 1 heterocycles. The largest absolute Gasteiger partial charge is 0.431 e. The van der Waals surface area contributed by atoms with Crippen molar-refractivity contribution in [1.29, 1.82) is 0 Å². The van der Waals surface area contributed by atoms with Crippen LogP contribution in [0.5, 0.6) is 0 Å². The molecule has 0 aliphatic carbocycles. The van der Waals surface area contributed by atoms with Crippen molar-refractivity contribution in [2.75, 3.05) is 6.54 Å². The molecule has 0 spiro atoms. The number of hydrogen-bond acceptors (Lipinski definition) is 2. The smallest absolute Gasteiger partial charge is 0.351 e. The van der Waals surface area contributed by atoms with Gasteiger partial charge in [-0.3, -0.25) is 9.59 Å². The van der Waals surface area contributed by atoms with Gasteiger partial charge in [-0.1, -0.05) is 32.0 Å². The lowest BCUT2D eigenvalue weighted by Crippen LogP contribution is -2.39. The zero-order valence-electron chi connectivity index (χ0n) is 13.5. The normalized spacial score (nSPS) is 12.1. The SMILES string of the molecule is CC(C)(CNC(=O)c1ccc(C(F)(F)F)[nH]c1=O)c1ccccc1F. The van der Waals surface area contributed by atoms with E-state index in [1.54, 1.807) is 31.0 Å². The van der Waals surface area contributed by atoms with Crippen LogP contribution in [0.15, 0.2) is 41.2 Å². The molecule has 0 bridgehead atoms. The maximum atomic E-state index is 13.9. The number of carbonyl (C=O) groups excluding carboxylic acids is 1. The zero-order chi connectivity index (χ0) is 18.8. The topological polar surface area (TPSA) is 62.0 Å². The summed E-state index contributed by atoms with van der Waals surface area (Å²) >= 11 is 0. The van der Waals surface area contributed by atoms with Gasteiger partial charge in [0, 0.05) is 12.0 Å². The van der Waals surface area contributed by atoms with Crippen LogP contribution in [-0.2, 0) is 11.6 Å². The van der Waals surface area contributed by atoms with E-state index in [1.165, 1.54) is 12.1 Å². The van der Waals surface area contributed by atoms with E-state index in [2.05, 4.69) is 5.32 Å². The van der Waals surface area contributed by atoms with Crippen molar-refractivity contribution >= 4 is 5.91 Å². The van der Waals surface area contributed by atoms with E-state index >= 15 is 0 Å². The number of hydrogen-bond donors (Lipinski definition) is 2. The first-order valence-corrected chi connectivity index (χ1v) is 7.36. The zero-order valence-corrected chi connectivity index (χ0v) is 13.5. The highest BCUT2D eigenvalue weighted by Gasteiger charge is 2.32. The Hall–Kier alpha value is -2.64. The summed E-state index contributed by atoms with van der Waals surface area (Å²) in [5.74, 6) is -1.27. The van der Waals surface area contributed by atoms with Gasteiger partial charge >= 0.3 is 6.18 Å². The van der Waals surface area contributed by atoms with Crippen LogP contribution >= 0.6 is 0 Å². The Kier molecular flexibility index (Phi) is 5.01. The van der Waals surface area contributed by atoms with Crippen molar-refractivity contribution in [3.63, 3.8) is 0 Å². The van der Waals surface area contributed by atoms with Crippen LogP contribution in [0.25, 0.3) is 0 Å². The van der Waals surface area contributed by atoms with Crippen molar-refractivity contribution < 1.29 is 22.4 Å². The maximum Gasteiger partial charge on any atom is 0.431 e. The first-order chi connectivity index (χ1) is 11.5. The first-order valence-electron chi connectivity index (χ1n) is 7.36. The first kappa shape index (κ1) is 18.7. The number of pyridine rings is 1. The Morgan fingerprint density at radius 1 is 1.12 bits per heavy atom. The molecule has 0 aliphatic heterocycles. The van der Waals surface area contributed by atoms with Crippen molar-refractivity contribution in [2.45, 2.75) is 25.4 Å². The molecule has 0 saturated carbocycles. The third-order valence-corrected chi connectivity index (χ3v) is 3.75. The lowest BCUT2D eigenvalue weighted by atomic mass is 9.84. The fourth-order valence-electron chi connectivity index (χ4n) is 2.32. The molecule has 2 rings (SSSR count). The summed E-state index contributed by atoms with van der Waals surface area (Å²) in [6.07, 6.45) is -4.71. The van der Waals surface area contributed by atoms with Crippen molar-refractivity contribution in [2.24, 2.45) is 0 Å². The number of benzene rings is 1. The predicted octanol–water partition coefficient (Wildman–Crippen LogP) is 3.24. The molecule has 8 heteroatoms. The van der Waals surface area contributed by atoms with E-state index in [4.69, 9.17) is 0 Å². The number of amides is 1. The van der Waals surface area contributed by atoms with E-state index in [-0.39, 0.29) is 6.54 Å². The second kappa shape index (κ2) is 6.70. The van der Waals surface area contributed by atoms with E-state index in [0.717, 1.165) is 6.07 Å². The fourth-order valence-corrected chi connectivity index (χ4v) is 2.32. The standard InChI is InChI=1S/C17H16F4N2O2/c1-16(2,11-5-3-4-6-12(11)18)9-22-14(24)10-7-8-13(17(19,20)21)23-15(10)25/h3-8H,9H2,1-2H3,(H,22,24)(H,23,25). The summed E-state index contributed by atoms with van der Waals surface area (Å²) in [6.45, 7) is 3.39. The van der Waals surface area contributed by atoms with Crippen LogP contribution in [0.3, 0.4) is 0 Å². The van der Waals surface area contributed by atoms with Crippen LogP contribution in [0, 0.1) is 5.82 Å². The molecule has 1 amide bonds. The molecular weight excluding hydrogens is 340 g/mol. The van der Waals surface area contributed by atoms with Gasteiger partial charge in [0.1, 0.15) is 17.1 Å². The van der Waals surface area contributed by atoms with Crippen LogP contribution in [0.1, 0.15) is 35.5 Å². The summed E-state index contributed by atoms with van der Waals surface area (Å²) in [7, 11) is 0. The second-order valence-electron chi connectivity index (χ2n) is 6.16. The summed E-state index contributed by atoms with van der Waals surface area (Å²) in [4.78, 5) is 25.4. The van der Waals surface area contributed by atoms with Gasteiger partial charge in [-0.2, -0.15) is 13.2 Å². The second-order valence-corrected chi connectivity index (χ2v) is 6.16. The minimum atomic E-state index is -4.71. The molecule has 2 N–H and O–H groups in total. The van der Waals surface area contributed by atoms with Gasteiger partial charge in [0.15, 0.2) is 0 Å².